The van der Waals surface area contributed by atoms with E-state index >= 15 is 0 Å². The van der Waals surface area contributed by atoms with Crippen molar-refractivity contribution in [2.24, 2.45) is 0 Å². The van der Waals surface area contributed by atoms with Gasteiger partial charge >= 0.3 is 0 Å². The van der Waals surface area contributed by atoms with Gasteiger partial charge in [0, 0.05) is 17.6 Å². The van der Waals surface area contributed by atoms with Gasteiger partial charge in [0.05, 0.1) is 18.3 Å². The second kappa shape index (κ2) is 4.09. The van der Waals surface area contributed by atoms with Crippen molar-refractivity contribution >= 4 is 28.2 Å². The topological polar surface area (TPSA) is 48.0 Å². The van der Waals surface area contributed by atoms with Crippen molar-refractivity contribution in [2.75, 3.05) is 0 Å². The molecule has 0 radical (unpaired) electrons. The lowest BCUT2D eigenvalue weighted by Gasteiger charge is -2.02. The second-order valence-electron chi connectivity index (χ2n) is 3.60. The molecule has 0 aliphatic carbocycles. The maximum absolute atomic E-state index is 6.98. The number of rotatable bonds is 1. The van der Waals surface area contributed by atoms with Gasteiger partial charge in [-0.2, -0.15) is 10.1 Å². The highest BCUT2D eigenvalue weighted by Gasteiger charge is 2.07. The predicted molar refractivity (Wildman–Crippen MR) is 67.9 cm³/mol. The fourth-order valence-corrected chi connectivity index (χ4v) is 1.86. The Morgan fingerprint density at radius 2 is 2.17 bits per heavy atom. The number of aromatic nitrogens is 4. The summed E-state index contributed by atoms with van der Waals surface area (Å²) < 4.78 is 1.66. The Kier molecular flexibility index (Phi) is 2.43. The first-order chi connectivity index (χ1) is 8.78. The minimum atomic E-state index is 0.175. The Bertz CT molecular complexity index is 771. The van der Waals surface area contributed by atoms with Crippen molar-refractivity contribution in [1.82, 2.24) is 19.7 Å². The molecule has 2 aromatic heterocycles. The van der Waals surface area contributed by atoms with Crippen LogP contribution in [-0.2, 0) is 0 Å². The van der Waals surface area contributed by atoms with E-state index in [-0.39, 0.29) is 5.28 Å². The molecule has 3 rings (SSSR count). The van der Waals surface area contributed by atoms with E-state index in [0.29, 0.717) is 11.5 Å². The van der Waals surface area contributed by atoms with Gasteiger partial charge in [-0.15, -0.1) is 0 Å². The zero-order valence-corrected chi connectivity index (χ0v) is 9.83. The van der Waals surface area contributed by atoms with Crippen molar-refractivity contribution < 1.29 is 0 Å². The van der Waals surface area contributed by atoms with Gasteiger partial charge in [-0.05, 0) is 23.7 Å². The molecule has 0 unspecified atom stereocenters. The Labute approximate surface area is 107 Å². The highest BCUT2D eigenvalue weighted by atomic mass is 35.5. The third kappa shape index (κ3) is 1.69. The summed E-state index contributed by atoms with van der Waals surface area (Å²) in [6, 6.07) is 7.09. The number of halogens is 1. The molecule has 3 aromatic rings. The van der Waals surface area contributed by atoms with Crippen molar-refractivity contribution in [3.8, 4) is 5.82 Å². The average Bonchev–Trinajstić information content (AvgIpc) is 2.81. The van der Waals surface area contributed by atoms with Crippen LogP contribution >= 0.6 is 11.6 Å². The van der Waals surface area contributed by atoms with E-state index < -0.39 is 0 Å². The Hall–Kier alpha value is -2.45. The molecule has 0 aliphatic heterocycles. The number of hydrogen-bond acceptors (Lipinski definition) is 3. The van der Waals surface area contributed by atoms with Crippen LogP contribution in [0.25, 0.3) is 21.6 Å². The van der Waals surface area contributed by atoms with E-state index in [1.54, 1.807) is 35.3 Å². The molecule has 0 saturated carbocycles. The third-order valence-corrected chi connectivity index (χ3v) is 2.69. The minimum absolute atomic E-state index is 0.175. The van der Waals surface area contributed by atoms with E-state index in [2.05, 4.69) is 19.9 Å². The highest BCUT2D eigenvalue weighted by Crippen LogP contribution is 2.22. The molecule has 0 atom stereocenters. The molecule has 5 nitrogen and oxygen atoms in total. The van der Waals surface area contributed by atoms with Crippen molar-refractivity contribution in [3.63, 3.8) is 0 Å². The van der Waals surface area contributed by atoms with Crippen LogP contribution in [0, 0.1) is 6.57 Å². The molecule has 0 aliphatic rings. The normalized spacial score (nSPS) is 10.4. The molecule has 0 N–H and O–H groups in total. The zero-order valence-electron chi connectivity index (χ0n) is 9.08. The third-order valence-electron chi connectivity index (χ3n) is 2.51. The van der Waals surface area contributed by atoms with Gasteiger partial charge in [-0.1, -0.05) is 6.07 Å². The second-order valence-corrected chi connectivity index (χ2v) is 3.93. The number of nitrogens with zero attached hydrogens (tertiary/aromatic N) is 5. The lowest BCUT2D eigenvalue weighted by Crippen LogP contribution is -1.99. The highest BCUT2D eigenvalue weighted by molar-refractivity contribution is 6.28. The molecule has 1 aromatic carbocycles. The predicted octanol–water partition coefficient (Wildman–Crippen LogP) is 3.02. The molecule has 0 fully saturated rings. The SMILES string of the molecule is [C-]#[N+]c1ccc2c(cnn2-c2ccnc(Cl)n2)c1. The molecular weight excluding hydrogens is 250 g/mol. The first-order valence-electron chi connectivity index (χ1n) is 5.12. The van der Waals surface area contributed by atoms with E-state index in [1.807, 2.05) is 6.07 Å². The Morgan fingerprint density at radius 3 is 2.94 bits per heavy atom. The maximum atomic E-state index is 6.98. The molecule has 0 bridgehead atoms. The van der Waals surface area contributed by atoms with E-state index in [0.717, 1.165) is 10.9 Å². The van der Waals surface area contributed by atoms with E-state index in [1.165, 1.54) is 0 Å². The van der Waals surface area contributed by atoms with Crippen LogP contribution < -0.4 is 0 Å². The molecule has 18 heavy (non-hydrogen) atoms. The largest absolute Gasteiger partial charge is 0.238 e. The summed E-state index contributed by atoms with van der Waals surface area (Å²) in [5, 5.41) is 5.31. The van der Waals surface area contributed by atoms with Crippen LogP contribution in [0.3, 0.4) is 0 Å². The summed E-state index contributed by atoms with van der Waals surface area (Å²) in [4.78, 5) is 11.3. The first kappa shape index (κ1) is 10.7. The molecule has 6 heteroatoms. The van der Waals surface area contributed by atoms with Gasteiger partial charge in [0.25, 0.3) is 0 Å². The van der Waals surface area contributed by atoms with Crippen molar-refractivity contribution in [1.29, 1.82) is 0 Å². The van der Waals surface area contributed by atoms with Crippen LogP contribution in [0.5, 0.6) is 0 Å². The summed E-state index contributed by atoms with van der Waals surface area (Å²) >= 11 is 5.76. The summed E-state index contributed by atoms with van der Waals surface area (Å²) in [6.45, 7) is 6.98. The molecular formula is C12H6ClN5. The zero-order chi connectivity index (χ0) is 12.5. The van der Waals surface area contributed by atoms with Crippen molar-refractivity contribution in [2.45, 2.75) is 0 Å². The molecule has 0 spiro atoms. The fourth-order valence-electron chi connectivity index (χ4n) is 1.72. The van der Waals surface area contributed by atoms with Crippen LogP contribution in [0.15, 0.2) is 36.7 Å². The fraction of sp³-hybridized carbons (Fsp3) is 0. The molecule has 2 heterocycles. The van der Waals surface area contributed by atoms with Crippen LogP contribution in [-0.4, -0.2) is 19.7 Å². The molecule has 0 saturated heterocycles. The number of fused-ring (bicyclic) bond motifs is 1. The average molecular weight is 256 g/mol. The van der Waals surface area contributed by atoms with E-state index in [9.17, 15) is 0 Å². The smallest absolute Gasteiger partial charge is 0.224 e. The lowest BCUT2D eigenvalue weighted by molar-refractivity contribution is 0.866. The van der Waals surface area contributed by atoms with Crippen LogP contribution in [0.2, 0.25) is 5.28 Å². The van der Waals surface area contributed by atoms with Gasteiger partial charge in [0.1, 0.15) is 0 Å². The number of hydrogen-bond donors (Lipinski definition) is 0. The standard InChI is InChI=1S/C12H6ClN5/c1-14-9-2-3-10-8(6-9)7-16-18(10)11-4-5-15-12(13)17-11/h2-7H. The van der Waals surface area contributed by atoms with Gasteiger partial charge in [0.15, 0.2) is 11.5 Å². The van der Waals surface area contributed by atoms with Gasteiger partial charge < -0.3 is 0 Å². The summed E-state index contributed by atoms with van der Waals surface area (Å²) in [5.41, 5.74) is 1.46. The molecule has 86 valence electrons. The van der Waals surface area contributed by atoms with E-state index in [4.69, 9.17) is 18.2 Å². The summed E-state index contributed by atoms with van der Waals surface area (Å²) in [5.74, 6) is 0.598. The number of benzene rings is 1. The van der Waals surface area contributed by atoms with Crippen LogP contribution in [0.1, 0.15) is 0 Å². The lowest BCUT2D eigenvalue weighted by atomic mass is 10.2. The quantitative estimate of drug-likeness (QED) is 0.496. The summed E-state index contributed by atoms with van der Waals surface area (Å²) in [7, 11) is 0. The molecule has 0 amide bonds. The van der Waals surface area contributed by atoms with Gasteiger partial charge in [-0.3, -0.25) is 0 Å². The minimum Gasteiger partial charge on any atom is -0.238 e. The van der Waals surface area contributed by atoms with Gasteiger partial charge in [-0.25, -0.2) is 14.5 Å². The Balaban J connectivity index is 2.22. The van der Waals surface area contributed by atoms with Crippen molar-refractivity contribution in [3.05, 3.63) is 53.4 Å². The maximum Gasteiger partial charge on any atom is 0.224 e. The Morgan fingerprint density at radius 1 is 1.28 bits per heavy atom. The summed E-state index contributed by atoms with van der Waals surface area (Å²) in [6.07, 6.45) is 3.27. The van der Waals surface area contributed by atoms with Crippen LogP contribution in [0.4, 0.5) is 5.69 Å². The first-order valence-corrected chi connectivity index (χ1v) is 5.50. The monoisotopic (exact) mass is 255 g/mol. The van der Waals surface area contributed by atoms with Gasteiger partial charge in [0.2, 0.25) is 5.28 Å².